The van der Waals surface area contributed by atoms with E-state index in [-0.39, 0.29) is 23.3 Å². The van der Waals surface area contributed by atoms with Crippen LogP contribution in [-0.4, -0.2) is 39.5 Å². The van der Waals surface area contributed by atoms with E-state index in [1.165, 1.54) is 12.4 Å². The normalized spacial score (nSPS) is 19.8. The summed E-state index contributed by atoms with van der Waals surface area (Å²) in [6.07, 6.45) is 6.18. The number of hydrogen-bond donors (Lipinski definition) is 6. The third-order valence-electron chi connectivity index (χ3n) is 4.86. The molecule has 9 nitrogen and oxygen atoms in total. The van der Waals surface area contributed by atoms with Gasteiger partial charge in [-0.2, -0.15) is 0 Å². The first-order valence-electron chi connectivity index (χ1n) is 8.54. The Morgan fingerprint density at radius 3 is 2.73 bits per heavy atom. The van der Waals surface area contributed by atoms with E-state index in [1.54, 1.807) is 6.07 Å². The highest BCUT2D eigenvalue weighted by atomic mass is 16.4. The Hall–Kier alpha value is -3.10. The van der Waals surface area contributed by atoms with Crippen molar-refractivity contribution in [2.45, 2.75) is 25.7 Å². The second-order valence-electron chi connectivity index (χ2n) is 6.59. The van der Waals surface area contributed by atoms with Crippen LogP contribution >= 0.6 is 0 Å². The number of nitrogens with zero attached hydrogens (tertiary/aromatic N) is 1. The molecule has 0 radical (unpaired) electrons. The van der Waals surface area contributed by atoms with Crippen LogP contribution in [0.2, 0.25) is 0 Å². The molecule has 3 rings (SSSR count). The first-order chi connectivity index (χ1) is 12.5. The summed E-state index contributed by atoms with van der Waals surface area (Å²) in [6, 6.07) is 1.61. The summed E-state index contributed by atoms with van der Waals surface area (Å²) < 4.78 is 0. The van der Waals surface area contributed by atoms with Gasteiger partial charge in [-0.05, 0) is 37.7 Å². The van der Waals surface area contributed by atoms with Crippen molar-refractivity contribution in [3.63, 3.8) is 0 Å². The van der Waals surface area contributed by atoms with Gasteiger partial charge in [-0.3, -0.25) is 10.2 Å². The third-order valence-corrected chi connectivity index (χ3v) is 4.86. The number of anilines is 1. The number of guanidine groups is 1. The maximum Gasteiger partial charge on any atom is 0.338 e. The van der Waals surface area contributed by atoms with Crippen LogP contribution in [0.3, 0.4) is 0 Å². The Bertz CT molecular complexity index is 838. The van der Waals surface area contributed by atoms with Gasteiger partial charge in [0.25, 0.3) is 0 Å². The molecule has 2 heterocycles. The molecule has 1 saturated carbocycles. The fourth-order valence-electron chi connectivity index (χ4n) is 3.45. The van der Waals surface area contributed by atoms with Gasteiger partial charge in [0.05, 0.1) is 16.6 Å². The minimum absolute atomic E-state index is 0.0349. The highest BCUT2D eigenvalue weighted by Crippen LogP contribution is 2.31. The number of aromatic nitrogens is 2. The lowest BCUT2D eigenvalue weighted by molar-refractivity contribution is -0.121. The second kappa shape index (κ2) is 7.42. The molecule has 1 fully saturated rings. The van der Waals surface area contributed by atoms with Gasteiger partial charge in [-0.15, -0.1) is 0 Å². The Kier molecular flexibility index (Phi) is 5.06. The van der Waals surface area contributed by atoms with Crippen LogP contribution in [0, 0.1) is 17.2 Å². The predicted octanol–water partition coefficient (Wildman–Crippen LogP) is 1.49. The van der Waals surface area contributed by atoms with Crippen LogP contribution in [0.25, 0.3) is 11.0 Å². The summed E-state index contributed by atoms with van der Waals surface area (Å²) in [4.78, 5) is 30.9. The van der Waals surface area contributed by atoms with Crippen molar-refractivity contribution in [2.75, 3.05) is 11.9 Å². The van der Waals surface area contributed by atoms with Crippen LogP contribution in [0.15, 0.2) is 18.5 Å². The number of fused-ring (bicyclic) bond motifs is 1. The summed E-state index contributed by atoms with van der Waals surface area (Å²) in [5, 5.41) is 22.6. The first kappa shape index (κ1) is 17.7. The van der Waals surface area contributed by atoms with Crippen molar-refractivity contribution in [3.05, 3.63) is 24.0 Å². The molecule has 1 aliphatic rings. The molecule has 2 aromatic rings. The van der Waals surface area contributed by atoms with E-state index in [2.05, 4.69) is 20.6 Å². The zero-order chi connectivity index (χ0) is 18.7. The number of pyridine rings is 1. The van der Waals surface area contributed by atoms with Gasteiger partial charge in [0.2, 0.25) is 5.91 Å². The van der Waals surface area contributed by atoms with Crippen molar-refractivity contribution in [2.24, 2.45) is 17.6 Å². The standard InChI is InChI=1S/C17H22N6O3/c18-17(19)22-7-9-1-3-10(4-2-9)15(24)23-12-5-6-20-14-13(12)11(8-21-14)16(25)26/h5-6,8-10H,1-4,7H2,(H,25,26)(H4,18,19,22)(H2,20,21,23,24)/t9-,10-. The number of carboxylic acids is 1. The minimum Gasteiger partial charge on any atom is -0.478 e. The van der Waals surface area contributed by atoms with Gasteiger partial charge in [-0.25, -0.2) is 9.78 Å². The lowest BCUT2D eigenvalue weighted by atomic mass is 9.81. The molecule has 0 aliphatic heterocycles. The molecule has 0 bridgehead atoms. The molecule has 26 heavy (non-hydrogen) atoms. The Morgan fingerprint density at radius 2 is 2.08 bits per heavy atom. The molecule has 0 saturated heterocycles. The minimum atomic E-state index is -1.07. The quantitative estimate of drug-likeness (QED) is 0.351. The predicted molar refractivity (Wildman–Crippen MR) is 97.0 cm³/mol. The Labute approximate surface area is 149 Å². The molecule has 2 aromatic heterocycles. The van der Waals surface area contributed by atoms with E-state index in [0.717, 1.165) is 25.7 Å². The molecular weight excluding hydrogens is 336 g/mol. The average molecular weight is 358 g/mol. The number of carbonyl (C=O) groups excluding carboxylic acids is 1. The van der Waals surface area contributed by atoms with Crippen LogP contribution in [0.1, 0.15) is 36.0 Å². The second-order valence-corrected chi connectivity index (χ2v) is 6.59. The van der Waals surface area contributed by atoms with Gasteiger partial charge >= 0.3 is 5.97 Å². The summed E-state index contributed by atoms with van der Waals surface area (Å²) in [5.41, 5.74) is 6.27. The zero-order valence-corrected chi connectivity index (χ0v) is 14.2. The molecule has 0 unspecified atom stereocenters. The molecule has 0 atom stereocenters. The number of carbonyl (C=O) groups is 2. The van der Waals surface area contributed by atoms with E-state index in [0.29, 0.717) is 29.2 Å². The largest absolute Gasteiger partial charge is 0.478 e. The molecule has 1 amide bonds. The molecule has 7 N–H and O–H groups in total. The molecule has 0 aromatic carbocycles. The van der Waals surface area contributed by atoms with Crippen molar-refractivity contribution in [1.82, 2.24) is 15.3 Å². The maximum absolute atomic E-state index is 12.6. The molecular formula is C17H22N6O3. The Morgan fingerprint density at radius 1 is 1.35 bits per heavy atom. The van der Waals surface area contributed by atoms with Crippen LogP contribution in [0.4, 0.5) is 5.69 Å². The fourth-order valence-corrected chi connectivity index (χ4v) is 3.45. The highest BCUT2D eigenvalue weighted by Gasteiger charge is 2.27. The van der Waals surface area contributed by atoms with Gasteiger partial charge in [-0.1, -0.05) is 0 Å². The van der Waals surface area contributed by atoms with Gasteiger partial charge in [0, 0.05) is 24.9 Å². The molecule has 138 valence electrons. The maximum atomic E-state index is 12.6. The molecule has 1 aliphatic carbocycles. The third kappa shape index (κ3) is 3.76. The van der Waals surface area contributed by atoms with Crippen molar-refractivity contribution in [3.8, 4) is 0 Å². The van der Waals surface area contributed by atoms with E-state index in [1.807, 2.05) is 0 Å². The number of aromatic amines is 1. The zero-order valence-electron chi connectivity index (χ0n) is 14.2. The van der Waals surface area contributed by atoms with Gasteiger partial charge in [0.1, 0.15) is 5.65 Å². The summed E-state index contributed by atoms with van der Waals surface area (Å²) in [5.74, 6) is -0.920. The highest BCUT2D eigenvalue weighted by molar-refractivity contribution is 6.10. The van der Waals surface area contributed by atoms with Gasteiger partial charge < -0.3 is 26.5 Å². The monoisotopic (exact) mass is 358 g/mol. The number of carboxylic acid groups (broad SMARTS) is 1. The summed E-state index contributed by atoms with van der Waals surface area (Å²) in [6.45, 7) is 0.653. The number of nitrogens with one attached hydrogen (secondary N) is 4. The summed E-state index contributed by atoms with van der Waals surface area (Å²) >= 11 is 0. The van der Waals surface area contributed by atoms with E-state index in [4.69, 9.17) is 11.1 Å². The van der Waals surface area contributed by atoms with E-state index < -0.39 is 5.97 Å². The number of nitrogens with two attached hydrogens (primary N) is 1. The molecule has 0 spiro atoms. The SMILES string of the molecule is N=C(N)NC[C@H]1CC[C@H](C(=O)Nc2ccnc3[nH]cc(C(=O)O)c23)CC1. The average Bonchev–Trinajstić information content (AvgIpc) is 3.06. The number of H-pyrrole nitrogens is 1. The van der Waals surface area contributed by atoms with E-state index in [9.17, 15) is 14.7 Å². The van der Waals surface area contributed by atoms with E-state index >= 15 is 0 Å². The smallest absolute Gasteiger partial charge is 0.338 e. The lowest BCUT2D eigenvalue weighted by Gasteiger charge is -2.28. The van der Waals surface area contributed by atoms with Crippen LogP contribution < -0.4 is 16.4 Å². The van der Waals surface area contributed by atoms with Crippen LogP contribution in [-0.2, 0) is 4.79 Å². The molecule has 9 heteroatoms. The fraction of sp³-hybridized carbons (Fsp3) is 0.412. The Balaban J connectivity index is 1.66. The number of amides is 1. The first-order valence-corrected chi connectivity index (χ1v) is 8.54. The lowest BCUT2D eigenvalue weighted by Crippen LogP contribution is -2.36. The number of hydrogen-bond acceptors (Lipinski definition) is 4. The van der Waals surface area contributed by atoms with Crippen molar-refractivity contribution in [1.29, 1.82) is 5.41 Å². The number of rotatable bonds is 5. The van der Waals surface area contributed by atoms with Crippen molar-refractivity contribution >= 4 is 34.6 Å². The van der Waals surface area contributed by atoms with Gasteiger partial charge in [0.15, 0.2) is 5.96 Å². The summed E-state index contributed by atoms with van der Waals surface area (Å²) in [7, 11) is 0. The van der Waals surface area contributed by atoms with Crippen molar-refractivity contribution < 1.29 is 14.7 Å². The topological polar surface area (TPSA) is 157 Å². The number of aromatic carboxylic acids is 1. The van der Waals surface area contributed by atoms with Crippen LogP contribution in [0.5, 0.6) is 0 Å².